The molecule has 1 amide bonds. The first kappa shape index (κ1) is 29.6. The van der Waals surface area contributed by atoms with E-state index in [0.29, 0.717) is 35.3 Å². The lowest BCUT2D eigenvalue weighted by Gasteiger charge is -2.13. The molecule has 2 N–H and O–H groups in total. The van der Waals surface area contributed by atoms with Crippen LogP contribution in [0.15, 0.2) is 41.3 Å². The van der Waals surface area contributed by atoms with E-state index in [9.17, 15) is 9.59 Å². The highest BCUT2D eigenvalue weighted by Crippen LogP contribution is 2.35. The van der Waals surface area contributed by atoms with E-state index in [4.69, 9.17) is 37.8 Å². The van der Waals surface area contributed by atoms with Gasteiger partial charge in [0.25, 0.3) is 5.91 Å². The van der Waals surface area contributed by atoms with Crippen molar-refractivity contribution in [2.24, 2.45) is 5.92 Å². The van der Waals surface area contributed by atoms with Gasteiger partial charge in [0.1, 0.15) is 5.75 Å². The van der Waals surface area contributed by atoms with Gasteiger partial charge in [0.05, 0.1) is 29.5 Å². The minimum absolute atomic E-state index is 0.0690. The van der Waals surface area contributed by atoms with Crippen molar-refractivity contribution in [3.63, 3.8) is 0 Å². The molecule has 0 bridgehead atoms. The van der Waals surface area contributed by atoms with E-state index in [-0.39, 0.29) is 21.2 Å². The summed E-state index contributed by atoms with van der Waals surface area (Å²) >= 11 is 13.9. The van der Waals surface area contributed by atoms with Gasteiger partial charge in [0, 0.05) is 34.3 Å². The number of hydrogen-bond donors (Lipinski definition) is 2. The molecule has 0 unspecified atom stereocenters. The van der Waals surface area contributed by atoms with Gasteiger partial charge >= 0.3 is 5.97 Å². The first-order valence-corrected chi connectivity index (χ1v) is 13.7. The maximum Gasteiger partial charge on any atom is 0.331 e. The lowest BCUT2D eigenvalue weighted by molar-refractivity contribution is -0.132. The fourth-order valence-electron chi connectivity index (χ4n) is 3.58. The second-order valence-corrected chi connectivity index (χ2v) is 10.7. The number of ether oxygens (including phenoxy) is 2. The molecular weight excluding hydrogens is 547 g/mol. The topological polar surface area (TPSA) is 97.8 Å². The van der Waals surface area contributed by atoms with Gasteiger partial charge in [-0.25, -0.2) is 9.78 Å². The monoisotopic (exact) mass is 576 g/mol. The van der Waals surface area contributed by atoms with Crippen molar-refractivity contribution in [1.29, 1.82) is 0 Å². The minimum atomic E-state index is -1.09. The van der Waals surface area contributed by atoms with E-state index in [1.54, 1.807) is 7.11 Å². The van der Waals surface area contributed by atoms with Gasteiger partial charge in [-0.1, -0.05) is 49.2 Å². The standard InChI is InChI=1S/C28H30Cl2N2O5S/c1-16(2)8-10-37-11-9-18-6-5-7-20(25(18)36-4)24-15-38-28(31-24)32-26(33)19-13-22(29)21(23(30)14-19)12-17(3)27(34)35/h5-7,12-16H,8-11H2,1-4H3,(H,34,35)(H,31,32,33)/b17-12+. The summed E-state index contributed by atoms with van der Waals surface area (Å²) in [4.78, 5) is 28.6. The zero-order chi connectivity index (χ0) is 27.8. The first-order valence-electron chi connectivity index (χ1n) is 12.0. The number of anilines is 1. The fraction of sp³-hybridized carbons (Fsp3) is 0.321. The average Bonchev–Trinajstić information content (AvgIpc) is 3.33. The Morgan fingerprint density at radius 1 is 1.18 bits per heavy atom. The molecule has 3 aromatic rings. The second kappa shape index (κ2) is 13.8. The third-order valence-corrected chi connectivity index (χ3v) is 7.08. The summed E-state index contributed by atoms with van der Waals surface area (Å²) in [7, 11) is 1.63. The van der Waals surface area contributed by atoms with E-state index in [2.05, 4.69) is 24.1 Å². The number of para-hydroxylation sites is 1. The molecule has 0 atom stereocenters. The summed E-state index contributed by atoms with van der Waals surface area (Å²) in [6.45, 7) is 7.10. The molecular formula is C28H30Cl2N2O5S. The van der Waals surface area contributed by atoms with Crippen LogP contribution >= 0.6 is 34.5 Å². The molecule has 10 heteroatoms. The molecule has 1 heterocycles. The van der Waals surface area contributed by atoms with Crippen molar-refractivity contribution < 1.29 is 24.2 Å². The highest BCUT2D eigenvalue weighted by atomic mass is 35.5. The molecule has 0 saturated carbocycles. The van der Waals surface area contributed by atoms with Crippen molar-refractivity contribution in [3.05, 3.63) is 68.0 Å². The van der Waals surface area contributed by atoms with Crippen LogP contribution in [-0.2, 0) is 16.0 Å². The number of halogens is 2. The number of carbonyl (C=O) groups is 2. The number of thiazole rings is 1. The van der Waals surface area contributed by atoms with E-state index < -0.39 is 11.9 Å². The zero-order valence-corrected chi connectivity index (χ0v) is 24.0. The summed E-state index contributed by atoms with van der Waals surface area (Å²) in [6, 6.07) is 8.76. The normalized spacial score (nSPS) is 11.6. The number of benzene rings is 2. The van der Waals surface area contributed by atoms with Gasteiger partial charge in [-0.3, -0.25) is 10.1 Å². The molecule has 0 fully saturated rings. The number of aromatic nitrogens is 1. The van der Waals surface area contributed by atoms with Crippen LogP contribution in [-0.4, -0.2) is 42.3 Å². The zero-order valence-electron chi connectivity index (χ0n) is 21.6. The number of hydrogen-bond acceptors (Lipinski definition) is 6. The lowest BCUT2D eigenvalue weighted by atomic mass is 10.0. The number of nitrogens with zero attached hydrogens (tertiary/aromatic N) is 1. The van der Waals surface area contributed by atoms with E-state index in [1.165, 1.54) is 36.5 Å². The Morgan fingerprint density at radius 3 is 2.53 bits per heavy atom. The molecule has 7 nitrogen and oxygen atoms in total. The summed E-state index contributed by atoms with van der Waals surface area (Å²) in [5, 5.41) is 14.4. The number of carboxylic acid groups (broad SMARTS) is 1. The van der Waals surface area contributed by atoms with Gasteiger partial charge < -0.3 is 14.6 Å². The molecule has 0 saturated heterocycles. The predicted octanol–water partition coefficient (Wildman–Crippen LogP) is 7.47. The summed E-state index contributed by atoms with van der Waals surface area (Å²) in [5.74, 6) is -0.206. The largest absolute Gasteiger partial charge is 0.496 e. The van der Waals surface area contributed by atoms with E-state index in [0.717, 1.165) is 29.9 Å². The molecule has 0 aliphatic carbocycles. The van der Waals surface area contributed by atoms with Gasteiger partial charge in [-0.05, 0) is 55.5 Å². The van der Waals surface area contributed by atoms with Gasteiger partial charge in [-0.15, -0.1) is 11.3 Å². The van der Waals surface area contributed by atoms with Crippen molar-refractivity contribution in [2.45, 2.75) is 33.6 Å². The molecule has 202 valence electrons. The number of methoxy groups -OCH3 is 1. The van der Waals surface area contributed by atoms with Crippen molar-refractivity contribution >= 4 is 57.6 Å². The Labute approximate surface area is 236 Å². The van der Waals surface area contributed by atoms with E-state index in [1.807, 2.05) is 23.6 Å². The number of amides is 1. The van der Waals surface area contributed by atoms with Crippen LogP contribution in [0.3, 0.4) is 0 Å². The molecule has 0 aliphatic heterocycles. The van der Waals surface area contributed by atoms with Crippen LogP contribution in [0.2, 0.25) is 10.0 Å². The van der Waals surface area contributed by atoms with Gasteiger partial charge in [-0.2, -0.15) is 0 Å². The van der Waals surface area contributed by atoms with Crippen LogP contribution in [0.25, 0.3) is 17.3 Å². The first-order chi connectivity index (χ1) is 18.1. The van der Waals surface area contributed by atoms with Crippen molar-refractivity contribution in [2.75, 3.05) is 25.6 Å². The molecule has 2 aromatic carbocycles. The molecule has 0 radical (unpaired) electrons. The summed E-state index contributed by atoms with van der Waals surface area (Å²) in [6.07, 6.45) is 3.09. The van der Waals surface area contributed by atoms with Crippen molar-refractivity contribution in [3.8, 4) is 17.0 Å². The van der Waals surface area contributed by atoms with Gasteiger partial charge in [0.15, 0.2) is 5.13 Å². The molecule has 38 heavy (non-hydrogen) atoms. The maximum absolute atomic E-state index is 12.9. The summed E-state index contributed by atoms with van der Waals surface area (Å²) in [5.41, 5.74) is 3.13. The van der Waals surface area contributed by atoms with Crippen molar-refractivity contribution in [1.82, 2.24) is 4.98 Å². The fourth-order valence-corrected chi connectivity index (χ4v) is 4.89. The molecule has 0 spiro atoms. The number of aliphatic carboxylic acids is 1. The SMILES string of the molecule is COc1c(CCOCCC(C)C)cccc1-c1csc(NC(=O)c2cc(Cl)c(/C=C(\C)C(=O)O)c(Cl)c2)n1. The Hall–Kier alpha value is -2.91. The second-order valence-electron chi connectivity index (χ2n) is 9.02. The maximum atomic E-state index is 12.9. The number of carboxylic acids is 1. The predicted molar refractivity (Wildman–Crippen MR) is 154 cm³/mol. The van der Waals surface area contributed by atoms with Crippen LogP contribution in [0.1, 0.15) is 48.7 Å². The number of nitrogens with one attached hydrogen (secondary N) is 1. The molecule has 3 rings (SSSR count). The summed E-state index contributed by atoms with van der Waals surface area (Å²) < 4.78 is 11.5. The Morgan fingerprint density at radius 2 is 1.89 bits per heavy atom. The van der Waals surface area contributed by atoms with Gasteiger partial charge in [0.2, 0.25) is 0 Å². The van der Waals surface area contributed by atoms with Crippen LogP contribution in [0.5, 0.6) is 5.75 Å². The number of carbonyl (C=O) groups excluding carboxylic acids is 1. The quantitative estimate of drug-likeness (QED) is 0.171. The van der Waals surface area contributed by atoms with Crippen LogP contribution in [0.4, 0.5) is 5.13 Å². The highest BCUT2D eigenvalue weighted by Gasteiger charge is 2.17. The molecule has 0 aliphatic rings. The third-order valence-electron chi connectivity index (χ3n) is 5.70. The van der Waals surface area contributed by atoms with Crippen LogP contribution in [0, 0.1) is 5.92 Å². The smallest absolute Gasteiger partial charge is 0.331 e. The van der Waals surface area contributed by atoms with E-state index >= 15 is 0 Å². The number of rotatable bonds is 12. The Kier molecular flexibility index (Phi) is 10.7. The third kappa shape index (κ3) is 7.80. The molecule has 1 aromatic heterocycles. The Balaban J connectivity index is 1.74. The Bertz CT molecular complexity index is 1310. The average molecular weight is 578 g/mol. The van der Waals surface area contributed by atoms with Crippen LogP contribution < -0.4 is 10.1 Å². The highest BCUT2D eigenvalue weighted by molar-refractivity contribution is 7.14. The lowest BCUT2D eigenvalue weighted by Crippen LogP contribution is -2.12. The minimum Gasteiger partial charge on any atom is -0.496 e.